The van der Waals surface area contributed by atoms with Gasteiger partial charge in [-0.3, -0.25) is 0 Å². The molecule has 0 aliphatic rings. The van der Waals surface area contributed by atoms with Gasteiger partial charge >= 0.3 is 0 Å². The third-order valence-electron chi connectivity index (χ3n) is 3.16. The summed E-state index contributed by atoms with van der Waals surface area (Å²) in [7, 11) is 0. The van der Waals surface area contributed by atoms with Crippen molar-refractivity contribution in [3.05, 3.63) is 59.8 Å². The Morgan fingerprint density at radius 1 is 0.833 bits per heavy atom. The highest BCUT2D eigenvalue weighted by molar-refractivity contribution is 5.84. The molecule has 0 fully saturated rings. The van der Waals surface area contributed by atoms with Gasteiger partial charge in [-0.05, 0) is 48.7 Å². The molecule has 0 amide bonds. The quantitative estimate of drug-likeness (QED) is 0.638. The fraction of sp³-hybridized carbons (Fsp3) is 0.125. The van der Waals surface area contributed by atoms with Gasteiger partial charge in [-0.25, -0.2) is 0 Å². The first-order valence-corrected chi connectivity index (χ1v) is 6.04. The standard InChI is InChI=1S/C16H14N2/c1-11-5-3-4-6-15(11)13-7-8-16-14(10-13)9-12(2)17-18-16/h3-10H,1-2H3. The average molecular weight is 234 g/mol. The van der Waals surface area contributed by atoms with Crippen LogP contribution in [0.4, 0.5) is 0 Å². The summed E-state index contributed by atoms with van der Waals surface area (Å²) in [6, 6.07) is 16.8. The first-order chi connectivity index (χ1) is 8.74. The van der Waals surface area contributed by atoms with Crippen molar-refractivity contribution in [2.45, 2.75) is 13.8 Å². The van der Waals surface area contributed by atoms with Gasteiger partial charge in [-0.2, -0.15) is 10.2 Å². The maximum absolute atomic E-state index is 4.19. The highest BCUT2D eigenvalue weighted by Gasteiger charge is 2.03. The summed E-state index contributed by atoms with van der Waals surface area (Å²) < 4.78 is 0. The van der Waals surface area contributed by atoms with Crippen molar-refractivity contribution in [3.8, 4) is 11.1 Å². The van der Waals surface area contributed by atoms with E-state index in [0.29, 0.717) is 0 Å². The van der Waals surface area contributed by atoms with Gasteiger partial charge in [0.2, 0.25) is 0 Å². The van der Waals surface area contributed by atoms with E-state index < -0.39 is 0 Å². The zero-order chi connectivity index (χ0) is 12.5. The van der Waals surface area contributed by atoms with Gasteiger partial charge in [-0.1, -0.05) is 30.3 Å². The molecule has 0 atom stereocenters. The lowest BCUT2D eigenvalue weighted by Crippen LogP contribution is -1.89. The molecule has 18 heavy (non-hydrogen) atoms. The fourth-order valence-corrected chi connectivity index (χ4v) is 2.21. The summed E-state index contributed by atoms with van der Waals surface area (Å²) in [4.78, 5) is 0. The molecule has 0 N–H and O–H groups in total. The molecule has 0 unspecified atom stereocenters. The third kappa shape index (κ3) is 1.86. The van der Waals surface area contributed by atoms with Crippen LogP contribution in [-0.4, -0.2) is 10.2 Å². The van der Waals surface area contributed by atoms with Crippen molar-refractivity contribution in [3.63, 3.8) is 0 Å². The van der Waals surface area contributed by atoms with Gasteiger partial charge in [0.05, 0.1) is 11.2 Å². The Bertz CT molecular complexity index is 717. The van der Waals surface area contributed by atoms with Crippen molar-refractivity contribution in [1.82, 2.24) is 10.2 Å². The summed E-state index contributed by atoms with van der Waals surface area (Å²) in [5.74, 6) is 0. The second kappa shape index (κ2) is 4.22. The second-order valence-electron chi connectivity index (χ2n) is 4.57. The van der Waals surface area contributed by atoms with Gasteiger partial charge in [0, 0.05) is 5.39 Å². The van der Waals surface area contributed by atoms with Crippen LogP contribution < -0.4 is 0 Å². The Kier molecular flexibility index (Phi) is 2.56. The first-order valence-electron chi connectivity index (χ1n) is 6.04. The van der Waals surface area contributed by atoms with Gasteiger partial charge in [0.1, 0.15) is 0 Å². The van der Waals surface area contributed by atoms with E-state index in [4.69, 9.17) is 0 Å². The van der Waals surface area contributed by atoms with E-state index in [0.717, 1.165) is 16.6 Å². The molecular formula is C16H14N2. The van der Waals surface area contributed by atoms with Gasteiger partial charge in [0.25, 0.3) is 0 Å². The molecule has 0 saturated heterocycles. The number of hydrogen-bond donors (Lipinski definition) is 0. The Hall–Kier alpha value is -2.22. The molecule has 0 radical (unpaired) electrons. The minimum absolute atomic E-state index is 0.943. The van der Waals surface area contributed by atoms with Crippen LogP contribution in [0.1, 0.15) is 11.3 Å². The molecule has 0 bridgehead atoms. The smallest absolute Gasteiger partial charge is 0.0930 e. The van der Waals surface area contributed by atoms with Gasteiger partial charge < -0.3 is 0 Å². The van der Waals surface area contributed by atoms with Crippen LogP contribution in [0.2, 0.25) is 0 Å². The molecule has 1 aromatic heterocycles. The average Bonchev–Trinajstić information content (AvgIpc) is 2.38. The molecule has 1 heterocycles. The molecule has 2 aromatic carbocycles. The van der Waals surface area contributed by atoms with Crippen molar-refractivity contribution >= 4 is 10.9 Å². The summed E-state index contributed by atoms with van der Waals surface area (Å²) in [6.45, 7) is 4.10. The zero-order valence-electron chi connectivity index (χ0n) is 10.5. The van der Waals surface area contributed by atoms with Crippen molar-refractivity contribution < 1.29 is 0 Å². The molecule has 3 rings (SSSR count). The molecule has 2 heteroatoms. The minimum atomic E-state index is 0.943. The molecule has 0 aliphatic heterocycles. The Morgan fingerprint density at radius 2 is 1.67 bits per heavy atom. The van der Waals surface area contributed by atoms with E-state index in [1.54, 1.807) is 0 Å². The number of aromatic nitrogens is 2. The number of hydrogen-bond acceptors (Lipinski definition) is 2. The van der Waals surface area contributed by atoms with Crippen LogP contribution in [0, 0.1) is 13.8 Å². The van der Waals surface area contributed by atoms with Gasteiger partial charge in [-0.15, -0.1) is 0 Å². The Morgan fingerprint density at radius 3 is 2.50 bits per heavy atom. The maximum atomic E-state index is 4.19. The maximum Gasteiger partial charge on any atom is 0.0930 e. The molecule has 0 spiro atoms. The van der Waals surface area contributed by atoms with E-state index >= 15 is 0 Å². The van der Waals surface area contributed by atoms with E-state index in [9.17, 15) is 0 Å². The molecule has 3 aromatic rings. The van der Waals surface area contributed by atoms with Crippen LogP contribution in [0.25, 0.3) is 22.0 Å². The predicted molar refractivity (Wildman–Crippen MR) is 74.4 cm³/mol. The van der Waals surface area contributed by atoms with Crippen LogP contribution in [0.5, 0.6) is 0 Å². The highest BCUT2D eigenvalue weighted by Crippen LogP contribution is 2.26. The van der Waals surface area contributed by atoms with Crippen molar-refractivity contribution in [1.29, 1.82) is 0 Å². The third-order valence-corrected chi connectivity index (χ3v) is 3.16. The monoisotopic (exact) mass is 234 g/mol. The summed E-state index contributed by atoms with van der Waals surface area (Å²) in [5.41, 5.74) is 5.68. The number of benzene rings is 2. The lowest BCUT2D eigenvalue weighted by atomic mass is 9.99. The number of nitrogens with zero attached hydrogens (tertiary/aromatic N) is 2. The van der Waals surface area contributed by atoms with Gasteiger partial charge in [0.15, 0.2) is 0 Å². The zero-order valence-corrected chi connectivity index (χ0v) is 10.5. The molecule has 0 aliphatic carbocycles. The Balaban J connectivity index is 2.22. The lowest BCUT2D eigenvalue weighted by Gasteiger charge is -2.07. The SMILES string of the molecule is Cc1cc2cc(-c3ccccc3C)ccc2nn1. The van der Waals surface area contributed by atoms with Crippen LogP contribution >= 0.6 is 0 Å². The van der Waals surface area contributed by atoms with E-state index in [2.05, 4.69) is 59.6 Å². The number of rotatable bonds is 1. The van der Waals surface area contributed by atoms with Crippen molar-refractivity contribution in [2.75, 3.05) is 0 Å². The minimum Gasteiger partial charge on any atom is -0.155 e. The first kappa shape index (κ1) is 10.9. The Labute approximate surface area is 106 Å². The largest absolute Gasteiger partial charge is 0.155 e. The van der Waals surface area contributed by atoms with Crippen molar-refractivity contribution in [2.24, 2.45) is 0 Å². The summed E-state index contributed by atoms with van der Waals surface area (Å²) >= 11 is 0. The number of aryl methyl sites for hydroxylation is 2. The second-order valence-corrected chi connectivity index (χ2v) is 4.57. The molecule has 88 valence electrons. The van der Waals surface area contributed by atoms with Crippen LogP contribution in [0.3, 0.4) is 0 Å². The molecular weight excluding hydrogens is 220 g/mol. The lowest BCUT2D eigenvalue weighted by molar-refractivity contribution is 1.02. The molecule has 2 nitrogen and oxygen atoms in total. The topological polar surface area (TPSA) is 25.8 Å². The van der Waals surface area contributed by atoms with E-state index in [-0.39, 0.29) is 0 Å². The highest BCUT2D eigenvalue weighted by atomic mass is 15.1. The number of fused-ring (bicyclic) bond motifs is 1. The predicted octanol–water partition coefficient (Wildman–Crippen LogP) is 3.91. The van der Waals surface area contributed by atoms with Crippen LogP contribution in [-0.2, 0) is 0 Å². The fourth-order valence-electron chi connectivity index (χ4n) is 2.21. The summed E-state index contributed by atoms with van der Waals surface area (Å²) in [6.07, 6.45) is 0. The normalized spacial score (nSPS) is 10.8. The van der Waals surface area contributed by atoms with E-state index in [1.165, 1.54) is 16.7 Å². The summed E-state index contributed by atoms with van der Waals surface area (Å²) in [5, 5.41) is 9.41. The molecule has 0 saturated carbocycles. The van der Waals surface area contributed by atoms with Crippen LogP contribution in [0.15, 0.2) is 48.5 Å². The van der Waals surface area contributed by atoms with E-state index in [1.807, 2.05) is 13.0 Å².